The average molecular weight is 412 g/mol. The number of nitrogens with one attached hydrogen (secondary N) is 2. The first kappa shape index (κ1) is 23.3. The smallest absolute Gasteiger partial charge is 0.253 e. The first-order valence-corrected chi connectivity index (χ1v) is 10.6. The largest absolute Gasteiger partial charge is 0.494 e. The molecule has 0 saturated heterocycles. The minimum atomic E-state index is -0.145. The highest BCUT2D eigenvalue weighted by atomic mass is 16.5. The van der Waals surface area contributed by atoms with Crippen LogP contribution in [0.25, 0.3) is 0 Å². The summed E-state index contributed by atoms with van der Waals surface area (Å²) in [6, 6.07) is 14.5. The number of anilines is 2. The van der Waals surface area contributed by atoms with Crippen LogP contribution in [0.4, 0.5) is 11.4 Å². The number of unbranched alkanes of at least 4 members (excludes halogenated alkanes) is 4. The molecule has 30 heavy (non-hydrogen) atoms. The second kappa shape index (κ2) is 12.5. The van der Waals surface area contributed by atoms with E-state index < -0.39 is 0 Å². The van der Waals surface area contributed by atoms with E-state index in [-0.39, 0.29) is 18.4 Å². The first-order valence-electron chi connectivity index (χ1n) is 10.6. The number of amides is 2. The van der Waals surface area contributed by atoms with Crippen molar-refractivity contribution < 1.29 is 14.3 Å². The van der Waals surface area contributed by atoms with Crippen LogP contribution in [0.15, 0.2) is 48.5 Å². The Labute approximate surface area is 179 Å². The van der Waals surface area contributed by atoms with Crippen LogP contribution in [0, 0.1) is 0 Å². The third-order valence-electron chi connectivity index (χ3n) is 4.65. The normalized spacial score (nSPS) is 10.4. The Balaban J connectivity index is 1.71. The number of carbonyl (C=O) groups excluding carboxylic acids is 2. The zero-order valence-electron chi connectivity index (χ0n) is 18.2. The van der Waals surface area contributed by atoms with E-state index in [0.29, 0.717) is 5.56 Å². The third-order valence-corrected chi connectivity index (χ3v) is 4.65. The summed E-state index contributed by atoms with van der Waals surface area (Å²) in [5.41, 5.74) is 2.12. The molecule has 0 spiro atoms. The van der Waals surface area contributed by atoms with Crippen molar-refractivity contribution in [1.29, 1.82) is 0 Å². The van der Waals surface area contributed by atoms with Gasteiger partial charge in [0.05, 0.1) is 13.2 Å². The van der Waals surface area contributed by atoms with E-state index in [1.165, 1.54) is 30.6 Å². The number of ether oxygens (including phenoxy) is 1. The van der Waals surface area contributed by atoms with Crippen molar-refractivity contribution in [1.82, 2.24) is 4.90 Å². The molecule has 0 atom stereocenters. The number of nitrogens with zero attached hydrogens (tertiary/aromatic N) is 1. The van der Waals surface area contributed by atoms with E-state index in [1.54, 1.807) is 38.4 Å². The summed E-state index contributed by atoms with van der Waals surface area (Å²) in [6.07, 6.45) is 6.05. The van der Waals surface area contributed by atoms with Gasteiger partial charge in [-0.1, -0.05) is 32.6 Å². The highest BCUT2D eigenvalue weighted by Gasteiger charge is 2.08. The van der Waals surface area contributed by atoms with Gasteiger partial charge in [0.2, 0.25) is 5.91 Å². The number of hydrogen-bond acceptors (Lipinski definition) is 4. The zero-order valence-corrected chi connectivity index (χ0v) is 18.2. The molecule has 6 heteroatoms. The molecule has 0 fully saturated rings. The quantitative estimate of drug-likeness (QED) is 0.493. The fourth-order valence-corrected chi connectivity index (χ4v) is 2.91. The van der Waals surface area contributed by atoms with Gasteiger partial charge in [-0.25, -0.2) is 0 Å². The summed E-state index contributed by atoms with van der Waals surface area (Å²) >= 11 is 0. The van der Waals surface area contributed by atoms with Crippen LogP contribution in [0.1, 0.15) is 49.4 Å². The highest BCUT2D eigenvalue weighted by molar-refractivity contribution is 5.95. The molecule has 0 aliphatic rings. The lowest BCUT2D eigenvalue weighted by Gasteiger charge is -2.11. The van der Waals surface area contributed by atoms with Crippen molar-refractivity contribution in [2.75, 3.05) is 37.9 Å². The van der Waals surface area contributed by atoms with Crippen LogP contribution >= 0.6 is 0 Å². The molecule has 2 rings (SSSR count). The van der Waals surface area contributed by atoms with E-state index in [9.17, 15) is 9.59 Å². The van der Waals surface area contributed by atoms with Crippen molar-refractivity contribution in [3.05, 3.63) is 54.1 Å². The van der Waals surface area contributed by atoms with E-state index in [2.05, 4.69) is 17.6 Å². The molecule has 2 aromatic rings. The number of rotatable bonds is 12. The van der Waals surface area contributed by atoms with Gasteiger partial charge in [-0.15, -0.1) is 0 Å². The van der Waals surface area contributed by atoms with E-state index in [4.69, 9.17) is 4.74 Å². The van der Waals surface area contributed by atoms with Crippen molar-refractivity contribution in [3.63, 3.8) is 0 Å². The molecule has 6 nitrogen and oxygen atoms in total. The van der Waals surface area contributed by atoms with Gasteiger partial charge in [-0.3, -0.25) is 9.59 Å². The van der Waals surface area contributed by atoms with Gasteiger partial charge < -0.3 is 20.3 Å². The fraction of sp³-hybridized carbons (Fsp3) is 0.417. The van der Waals surface area contributed by atoms with E-state index in [0.717, 1.165) is 30.2 Å². The van der Waals surface area contributed by atoms with E-state index >= 15 is 0 Å². The minimum Gasteiger partial charge on any atom is -0.494 e. The Morgan fingerprint density at radius 3 is 2.13 bits per heavy atom. The summed E-state index contributed by atoms with van der Waals surface area (Å²) < 4.78 is 5.74. The molecule has 0 unspecified atom stereocenters. The van der Waals surface area contributed by atoms with Crippen LogP contribution < -0.4 is 15.4 Å². The minimum absolute atomic E-state index is 0.0526. The zero-order chi connectivity index (χ0) is 21.8. The summed E-state index contributed by atoms with van der Waals surface area (Å²) in [4.78, 5) is 25.6. The Morgan fingerprint density at radius 2 is 1.50 bits per heavy atom. The molecule has 0 bridgehead atoms. The van der Waals surface area contributed by atoms with Crippen LogP contribution in [-0.4, -0.2) is 44.0 Å². The summed E-state index contributed by atoms with van der Waals surface area (Å²) in [6.45, 7) is 3.06. The van der Waals surface area contributed by atoms with Gasteiger partial charge in [0.25, 0.3) is 5.91 Å². The van der Waals surface area contributed by atoms with Crippen molar-refractivity contribution >= 4 is 23.2 Å². The maximum Gasteiger partial charge on any atom is 0.253 e. The Bertz CT molecular complexity index is 786. The van der Waals surface area contributed by atoms with Crippen molar-refractivity contribution in [2.45, 2.75) is 39.0 Å². The molecule has 0 heterocycles. The topological polar surface area (TPSA) is 70.7 Å². The Kier molecular flexibility index (Phi) is 9.71. The van der Waals surface area contributed by atoms with E-state index in [1.807, 2.05) is 24.3 Å². The fourth-order valence-electron chi connectivity index (χ4n) is 2.91. The van der Waals surface area contributed by atoms with Crippen LogP contribution in [0.5, 0.6) is 5.75 Å². The van der Waals surface area contributed by atoms with Crippen molar-refractivity contribution in [2.24, 2.45) is 0 Å². The number of carbonyl (C=O) groups is 2. The van der Waals surface area contributed by atoms with Gasteiger partial charge in [0.1, 0.15) is 5.75 Å². The maximum atomic E-state index is 12.2. The van der Waals surface area contributed by atoms with Crippen LogP contribution in [0.2, 0.25) is 0 Å². The molecule has 2 N–H and O–H groups in total. The summed E-state index contributed by atoms with van der Waals surface area (Å²) in [5, 5.41) is 5.92. The summed E-state index contributed by atoms with van der Waals surface area (Å²) in [7, 11) is 3.43. The van der Waals surface area contributed by atoms with Gasteiger partial charge in [-0.2, -0.15) is 0 Å². The lowest BCUT2D eigenvalue weighted by Crippen LogP contribution is -2.22. The average Bonchev–Trinajstić information content (AvgIpc) is 2.75. The highest BCUT2D eigenvalue weighted by Crippen LogP contribution is 2.16. The number of hydrogen-bond donors (Lipinski definition) is 2. The lowest BCUT2D eigenvalue weighted by molar-refractivity contribution is -0.114. The Morgan fingerprint density at radius 1 is 0.867 bits per heavy atom. The molecule has 2 amide bonds. The molecule has 0 saturated carbocycles. The van der Waals surface area contributed by atoms with Crippen LogP contribution in [-0.2, 0) is 4.79 Å². The summed E-state index contributed by atoms with van der Waals surface area (Å²) in [5.74, 6) is 0.616. The molecule has 0 radical (unpaired) electrons. The second-order valence-corrected chi connectivity index (χ2v) is 7.47. The van der Waals surface area contributed by atoms with Crippen LogP contribution in [0.3, 0.4) is 0 Å². The maximum absolute atomic E-state index is 12.2. The standard InChI is InChI=1S/C24H33N3O3/c1-4-5-6-7-8-17-30-22-15-13-21(14-16-22)26-23(28)18-25-20-11-9-19(10-12-20)24(29)27(2)3/h9-16,25H,4-8,17-18H2,1-3H3,(H,26,28). The monoisotopic (exact) mass is 411 g/mol. The predicted molar refractivity (Wildman–Crippen MR) is 122 cm³/mol. The number of benzene rings is 2. The van der Waals surface area contributed by atoms with Crippen molar-refractivity contribution in [3.8, 4) is 5.75 Å². The second-order valence-electron chi connectivity index (χ2n) is 7.47. The molecule has 0 aromatic heterocycles. The third kappa shape index (κ3) is 8.15. The lowest BCUT2D eigenvalue weighted by atomic mass is 10.2. The molecule has 0 aliphatic carbocycles. The van der Waals surface area contributed by atoms with Gasteiger partial charge in [0.15, 0.2) is 0 Å². The van der Waals surface area contributed by atoms with Gasteiger partial charge in [0, 0.05) is 31.0 Å². The van der Waals surface area contributed by atoms with Gasteiger partial charge >= 0.3 is 0 Å². The molecule has 2 aromatic carbocycles. The first-order chi connectivity index (χ1) is 14.5. The van der Waals surface area contributed by atoms with Gasteiger partial charge in [-0.05, 0) is 55.0 Å². The SMILES string of the molecule is CCCCCCCOc1ccc(NC(=O)CNc2ccc(C(=O)N(C)C)cc2)cc1. The molecule has 0 aliphatic heterocycles. The molecule has 162 valence electrons. The molecular formula is C24H33N3O3. The predicted octanol–water partition coefficient (Wildman–Crippen LogP) is 4.79. The molecular weight excluding hydrogens is 378 g/mol. The Hall–Kier alpha value is -3.02.